The Morgan fingerprint density at radius 3 is 2.40 bits per heavy atom. The minimum atomic E-state index is -0.362. The van der Waals surface area contributed by atoms with Crippen molar-refractivity contribution < 1.29 is 9.59 Å². The maximum atomic E-state index is 13.1. The highest BCUT2D eigenvalue weighted by atomic mass is 16.2. The van der Waals surface area contributed by atoms with Gasteiger partial charge in [-0.3, -0.25) is 9.59 Å². The molecule has 2 aliphatic heterocycles. The number of rotatable bonds is 3. The lowest BCUT2D eigenvalue weighted by Gasteiger charge is -2.22. The Balaban J connectivity index is 1.36. The second-order valence-corrected chi connectivity index (χ2v) is 7.87. The van der Waals surface area contributed by atoms with Gasteiger partial charge in [0, 0.05) is 18.7 Å². The molecule has 2 aromatic rings. The predicted octanol–water partition coefficient (Wildman–Crippen LogP) is 4.78. The molecule has 2 heterocycles. The van der Waals surface area contributed by atoms with Crippen molar-refractivity contribution in [3.63, 3.8) is 0 Å². The summed E-state index contributed by atoms with van der Waals surface area (Å²) in [6.45, 7) is 3.29. The van der Waals surface area contributed by atoms with Gasteiger partial charge in [0.15, 0.2) is 0 Å². The number of fused-ring (bicyclic) bond motifs is 2. The minimum absolute atomic E-state index is 0.129. The van der Waals surface area contributed by atoms with Crippen LogP contribution >= 0.6 is 0 Å². The van der Waals surface area contributed by atoms with Crippen LogP contribution in [0.25, 0.3) is 5.70 Å². The van der Waals surface area contributed by atoms with Gasteiger partial charge < -0.3 is 4.90 Å². The van der Waals surface area contributed by atoms with E-state index in [-0.39, 0.29) is 23.7 Å². The largest absolute Gasteiger partial charge is 0.334 e. The summed E-state index contributed by atoms with van der Waals surface area (Å²) in [6.07, 6.45) is 7.53. The average Bonchev–Trinajstić information content (AvgIpc) is 3.23. The first-order chi connectivity index (χ1) is 14.6. The summed E-state index contributed by atoms with van der Waals surface area (Å²) < 4.78 is 0. The molecule has 0 bridgehead atoms. The molecule has 0 aromatic heterocycles. The van der Waals surface area contributed by atoms with E-state index in [2.05, 4.69) is 22.4 Å². The molecule has 0 N–H and O–H groups in total. The van der Waals surface area contributed by atoms with Crippen molar-refractivity contribution >= 4 is 17.5 Å². The number of amides is 2. The van der Waals surface area contributed by atoms with Crippen LogP contribution in [-0.2, 0) is 22.7 Å². The number of benzene rings is 2. The molecule has 0 radical (unpaired) electrons. The molecule has 30 heavy (non-hydrogen) atoms. The van der Waals surface area contributed by atoms with Gasteiger partial charge in [0.1, 0.15) is 0 Å². The molecule has 5 heteroatoms. The molecule has 0 saturated heterocycles. The normalized spacial score (nSPS) is 20.4. The van der Waals surface area contributed by atoms with Gasteiger partial charge in [0.05, 0.1) is 17.5 Å². The van der Waals surface area contributed by atoms with Crippen LogP contribution in [0.2, 0.25) is 0 Å². The summed E-state index contributed by atoms with van der Waals surface area (Å²) in [5.74, 6) is -0.702. The van der Waals surface area contributed by atoms with Crippen molar-refractivity contribution in [3.05, 3.63) is 101 Å². The van der Waals surface area contributed by atoms with Gasteiger partial charge in [-0.15, -0.1) is 10.2 Å². The van der Waals surface area contributed by atoms with E-state index in [0.717, 1.165) is 16.7 Å². The topological polar surface area (TPSA) is 62.1 Å². The molecule has 1 aliphatic carbocycles. The molecule has 2 atom stereocenters. The van der Waals surface area contributed by atoms with Gasteiger partial charge in [0.25, 0.3) is 5.91 Å². The van der Waals surface area contributed by atoms with Crippen LogP contribution < -0.4 is 0 Å². The van der Waals surface area contributed by atoms with E-state index in [1.165, 1.54) is 11.1 Å². The van der Waals surface area contributed by atoms with Crippen LogP contribution in [0.4, 0.5) is 0 Å². The molecule has 3 aliphatic rings. The first kappa shape index (κ1) is 18.4. The molecule has 5 nitrogen and oxygen atoms in total. The second kappa shape index (κ2) is 7.34. The standard InChI is InChI=1S/C25H21N3O2/c1-16(25(30)28-14-19-6-2-3-7-20(19)15-28)17-10-12-18(13-11-17)23-21-8-4-5-9-22(21)24(29)27-26-23/h2-13,16,22H,14-15H2,1H3. The van der Waals surface area contributed by atoms with Crippen LogP contribution in [0.5, 0.6) is 0 Å². The first-order valence-electron chi connectivity index (χ1n) is 10.1. The zero-order chi connectivity index (χ0) is 20.7. The Hall–Kier alpha value is -3.60. The number of allylic oxidation sites excluding steroid dienone is 3. The van der Waals surface area contributed by atoms with Crippen molar-refractivity contribution in [3.8, 4) is 0 Å². The van der Waals surface area contributed by atoms with Gasteiger partial charge in [-0.2, -0.15) is 0 Å². The zero-order valence-corrected chi connectivity index (χ0v) is 16.7. The summed E-state index contributed by atoms with van der Waals surface area (Å²) in [4.78, 5) is 27.0. The van der Waals surface area contributed by atoms with Crippen LogP contribution in [0.15, 0.2) is 88.6 Å². The Morgan fingerprint density at radius 1 is 1.00 bits per heavy atom. The molecular formula is C25H21N3O2. The SMILES string of the molecule is CC(C(=O)N1Cc2ccccc2C1)c1ccc(C2=C3C=CC=CC3C(=O)N=N2)cc1. The molecule has 0 spiro atoms. The Morgan fingerprint density at radius 2 is 1.70 bits per heavy atom. The Labute approximate surface area is 175 Å². The van der Waals surface area contributed by atoms with Gasteiger partial charge in [-0.1, -0.05) is 72.8 Å². The van der Waals surface area contributed by atoms with Gasteiger partial charge in [0.2, 0.25) is 5.91 Å². The molecule has 2 unspecified atom stereocenters. The number of hydrogen-bond acceptors (Lipinski definition) is 3. The van der Waals surface area contributed by atoms with Gasteiger partial charge in [-0.25, -0.2) is 0 Å². The minimum Gasteiger partial charge on any atom is -0.334 e. The molecule has 2 amide bonds. The maximum absolute atomic E-state index is 13.1. The van der Waals surface area contributed by atoms with E-state index in [0.29, 0.717) is 18.8 Å². The highest BCUT2D eigenvalue weighted by molar-refractivity contribution is 5.91. The number of hydrogen-bond donors (Lipinski definition) is 0. The highest BCUT2D eigenvalue weighted by Gasteiger charge is 2.29. The van der Waals surface area contributed by atoms with E-state index in [1.54, 1.807) is 0 Å². The molecule has 2 aromatic carbocycles. The third-order valence-electron chi connectivity index (χ3n) is 6.02. The maximum Gasteiger partial charge on any atom is 0.276 e. The quantitative estimate of drug-likeness (QED) is 0.751. The fourth-order valence-electron chi connectivity index (χ4n) is 4.26. The summed E-state index contributed by atoms with van der Waals surface area (Å²) in [7, 11) is 0. The van der Waals surface area contributed by atoms with Gasteiger partial charge >= 0.3 is 0 Å². The van der Waals surface area contributed by atoms with Crippen molar-refractivity contribution in [1.82, 2.24) is 4.90 Å². The zero-order valence-electron chi connectivity index (χ0n) is 16.7. The summed E-state index contributed by atoms with van der Waals surface area (Å²) in [5.41, 5.74) is 5.88. The number of carbonyl (C=O) groups excluding carboxylic acids is 2. The number of azo groups is 1. The lowest BCUT2D eigenvalue weighted by molar-refractivity contribution is -0.133. The number of nitrogens with zero attached hydrogens (tertiary/aromatic N) is 3. The Bertz CT molecular complexity index is 1130. The lowest BCUT2D eigenvalue weighted by Crippen LogP contribution is -2.29. The fourth-order valence-corrected chi connectivity index (χ4v) is 4.26. The molecule has 5 rings (SSSR count). The van der Waals surface area contributed by atoms with Gasteiger partial charge in [-0.05, 0) is 29.2 Å². The third-order valence-corrected chi connectivity index (χ3v) is 6.02. The van der Waals surface area contributed by atoms with Crippen molar-refractivity contribution in [2.24, 2.45) is 16.1 Å². The van der Waals surface area contributed by atoms with E-state index in [9.17, 15) is 9.59 Å². The van der Waals surface area contributed by atoms with Crippen LogP contribution in [0.1, 0.15) is 35.1 Å². The smallest absolute Gasteiger partial charge is 0.276 e. The predicted molar refractivity (Wildman–Crippen MR) is 114 cm³/mol. The third kappa shape index (κ3) is 3.12. The fraction of sp³-hybridized carbons (Fsp3) is 0.200. The van der Waals surface area contributed by atoms with Crippen molar-refractivity contribution in [2.75, 3.05) is 0 Å². The van der Waals surface area contributed by atoms with Crippen molar-refractivity contribution in [2.45, 2.75) is 25.9 Å². The van der Waals surface area contributed by atoms with E-state index in [1.807, 2.05) is 72.5 Å². The summed E-state index contributed by atoms with van der Waals surface area (Å²) in [6, 6.07) is 16.1. The molecule has 148 valence electrons. The van der Waals surface area contributed by atoms with Crippen LogP contribution in [0, 0.1) is 5.92 Å². The van der Waals surface area contributed by atoms with Crippen molar-refractivity contribution in [1.29, 1.82) is 0 Å². The lowest BCUT2D eigenvalue weighted by atomic mass is 9.89. The molecule has 0 fully saturated rings. The molecule has 0 saturated carbocycles. The summed E-state index contributed by atoms with van der Waals surface area (Å²) >= 11 is 0. The second-order valence-electron chi connectivity index (χ2n) is 7.87. The highest BCUT2D eigenvalue weighted by Crippen LogP contribution is 2.34. The van der Waals surface area contributed by atoms with Crippen LogP contribution in [-0.4, -0.2) is 16.7 Å². The van der Waals surface area contributed by atoms with E-state index < -0.39 is 0 Å². The van der Waals surface area contributed by atoms with Crippen LogP contribution in [0.3, 0.4) is 0 Å². The summed E-state index contributed by atoms with van der Waals surface area (Å²) in [5, 5.41) is 7.97. The first-order valence-corrected chi connectivity index (χ1v) is 10.1. The monoisotopic (exact) mass is 395 g/mol. The van der Waals surface area contributed by atoms with E-state index in [4.69, 9.17) is 0 Å². The Kier molecular flexibility index (Phi) is 4.51. The number of carbonyl (C=O) groups is 2. The molecular weight excluding hydrogens is 374 g/mol. The van der Waals surface area contributed by atoms with E-state index >= 15 is 0 Å². The average molecular weight is 395 g/mol.